The number of H-pyrrole nitrogens is 1. The molecule has 0 atom stereocenters. The Morgan fingerprint density at radius 2 is 1.71 bits per heavy atom. The zero-order chi connectivity index (χ0) is 18.8. The van der Waals surface area contributed by atoms with Crippen molar-refractivity contribution in [3.05, 3.63) is 90.5 Å². The number of aromatic nitrogens is 2. The van der Waals surface area contributed by atoms with Crippen LogP contribution in [0.3, 0.4) is 0 Å². The summed E-state index contributed by atoms with van der Waals surface area (Å²) in [4.78, 5) is 7.98. The van der Waals surface area contributed by atoms with Gasteiger partial charge in [0, 0.05) is 28.5 Å². The third kappa shape index (κ3) is 3.30. The van der Waals surface area contributed by atoms with E-state index in [1.807, 2.05) is 36.5 Å². The SMILES string of the molecule is c1ccc(CNc2cc3c(cn2)[nH]c2ccc(NCc4ccco4)cc23)cc1. The Kier molecular flexibility index (Phi) is 4.18. The molecule has 0 aliphatic carbocycles. The summed E-state index contributed by atoms with van der Waals surface area (Å²) in [6.45, 7) is 1.41. The molecule has 0 bridgehead atoms. The van der Waals surface area contributed by atoms with E-state index >= 15 is 0 Å². The van der Waals surface area contributed by atoms with E-state index in [9.17, 15) is 0 Å². The van der Waals surface area contributed by atoms with Crippen LogP contribution in [-0.4, -0.2) is 9.97 Å². The number of hydrogen-bond donors (Lipinski definition) is 3. The maximum absolute atomic E-state index is 5.39. The minimum Gasteiger partial charge on any atom is -0.467 e. The summed E-state index contributed by atoms with van der Waals surface area (Å²) >= 11 is 0. The van der Waals surface area contributed by atoms with Crippen molar-refractivity contribution in [1.82, 2.24) is 9.97 Å². The van der Waals surface area contributed by atoms with Crippen LogP contribution in [-0.2, 0) is 13.1 Å². The average Bonchev–Trinajstić information content (AvgIpc) is 3.39. The Balaban J connectivity index is 1.41. The van der Waals surface area contributed by atoms with Crippen LogP contribution in [0.15, 0.2) is 83.6 Å². The molecule has 138 valence electrons. The molecular weight excluding hydrogens is 348 g/mol. The molecule has 5 heteroatoms. The zero-order valence-corrected chi connectivity index (χ0v) is 15.3. The van der Waals surface area contributed by atoms with Crippen molar-refractivity contribution in [2.75, 3.05) is 10.6 Å². The average molecular weight is 368 g/mol. The lowest BCUT2D eigenvalue weighted by molar-refractivity contribution is 0.518. The van der Waals surface area contributed by atoms with Crippen LogP contribution in [0, 0.1) is 0 Å². The van der Waals surface area contributed by atoms with Gasteiger partial charge in [-0.05, 0) is 42.0 Å². The molecule has 0 saturated carbocycles. The van der Waals surface area contributed by atoms with E-state index in [-0.39, 0.29) is 0 Å². The van der Waals surface area contributed by atoms with Gasteiger partial charge in [0.1, 0.15) is 11.6 Å². The molecule has 0 unspecified atom stereocenters. The standard InChI is InChI=1S/C23H20N4O/c1-2-5-16(6-3-1)13-25-23-12-20-19-11-17(24-14-18-7-4-10-28-18)8-9-21(19)27-22(20)15-26-23/h1-12,15,24,27H,13-14H2,(H,25,26). The maximum atomic E-state index is 5.39. The molecule has 0 spiro atoms. The van der Waals surface area contributed by atoms with E-state index in [2.05, 4.69) is 57.0 Å². The fourth-order valence-electron chi connectivity index (χ4n) is 3.40. The van der Waals surface area contributed by atoms with Crippen molar-refractivity contribution >= 4 is 33.3 Å². The van der Waals surface area contributed by atoms with Gasteiger partial charge in [0.05, 0.1) is 24.5 Å². The van der Waals surface area contributed by atoms with Crippen molar-refractivity contribution < 1.29 is 4.42 Å². The van der Waals surface area contributed by atoms with Crippen LogP contribution in [0.4, 0.5) is 11.5 Å². The van der Waals surface area contributed by atoms with Gasteiger partial charge in [-0.15, -0.1) is 0 Å². The van der Waals surface area contributed by atoms with Crippen LogP contribution < -0.4 is 10.6 Å². The number of aromatic amines is 1. The molecule has 0 fully saturated rings. The highest BCUT2D eigenvalue weighted by atomic mass is 16.3. The first-order chi connectivity index (χ1) is 13.8. The fraction of sp³-hybridized carbons (Fsp3) is 0.0870. The molecule has 2 aromatic carbocycles. The quantitative estimate of drug-likeness (QED) is 0.368. The first kappa shape index (κ1) is 16.4. The smallest absolute Gasteiger partial charge is 0.126 e. The monoisotopic (exact) mass is 368 g/mol. The molecule has 0 aliphatic rings. The number of nitrogens with one attached hydrogen (secondary N) is 3. The third-order valence-electron chi connectivity index (χ3n) is 4.85. The summed E-state index contributed by atoms with van der Waals surface area (Å²) in [7, 11) is 0. The number of hydrogen-bond acceptors (Lipinski definition) is 4. The van der Waals surface area contributed by atoms with E-state index in [4.69, 9.17) is 4.42 Å². The summed E-state index contributed by atoms with van der Waals surface area (Å²) < 4.78 is 5.39. The van der Waals surface area contributed by atoms with Gasteiger partial charge < -0.3 is 20.0 Å². The molecule has 0 radical (unpaired) electrons. The minimum absolute atomic E-state index is 0.659. The molecule has 5 rings (SSSR count). The van der Waals surface area contributed by atoms with Gasteiger partial charge in [-0.3, -0.25) is 0 Å². The first-order valence-electron chi connectivity index (χ1n) is 9.31. The summed E-state index contributed by atoms with van der Waals surface area (Å²) in [5.41, 5.74) is 4.41. The lowest BCUT2D eigenvalue weighted by Crippen LogP contribution is -2.00. The minimum atomic E-state index is 0.659. The Hall–Kier alpha value is -3.73. The number of benzene rings is 2. The Labute approximate surface area is 162 Å². The number of anilines is 2. The summed E-state index contributed by atoms with van der Waals surface area (Å²) in [5.74, 6) is 1.78. The zero-order valence-electron chi connectivity index (χ0n) is 15.3. The van der Waals surface area contributed by atoms with Crippen LogP contribution in [0.25, 0.3) is 21.8 Å². The lowest BCUT2D eigenvalue weighted by Gasteiger charge is -2.06. The Morgan fingerprint density at radius 1 is 0.821 bits per heavy atom. The first-order valence-corrected chi connectivity index (χ1v) is 9.31. The Bertz CT molecular complexity index is 1210. The van der Waals surface area contributed by atoms with Crippen molar-refractivity contribution in [3.8, 4) is 0 Å². The van der Waals surface area contributed by atoms with Gasteiger partial charge in [0.25, 0.3) is 0 Å². The number of nitrogens with zero attached hydrogens (tertiary/aromatic N) is 1. The summed E-state index contributed by atoms with van der Waals surface area (Å²) in [5, 5.41) is 9.15. The number of fused-ring (bicyclic) bond motifs is 3. The van der Waals surface area contributed by atoms with Crippen molar-refractivity contribution in [1.29, 1.82) is 0 Å². The van der Waals surface area contributed by atoms with Crippen molar-refractivity contribution in [2.45, 2.75) is 13.1 Å². The van der Waals surface area contributed by atoms with E-state index in [1.54, 1.807) is 6.26 Å². The molecule has 28 heavy (non-hydrogen) atoms. The van der Waals surface area contributed by atoms with Crippen molar-refractivity contribution in [2.24, 2.45) is 0 Å². The van der Waals surface area contributed by atoms with Gasteiger partial charge in [-0.1, -0.05) is 30.3 Å². The lowest BCUT2D eigenvalue weighted by atomic mass is 10.1. The molecule has 5 nitrogen and oxygen atoms in total. The predicted octanol–water partition coefficient (Wildman–Crippen LogP) is 5.53. The van der Waals surface area contributed by atoms with E-state index in [1.165, 1.54) is 10.9 Å². The van der Waals surface area contributed by atoms with Crippen LogP contribution in [0.2, 0.25) is 0 Å². The highest BCUT2D eigenvalue weighted by Crippen LogP contribution is 2.29. The molecule has 3 N–H and O–H groups in total. The highest BCUT2D eigenvalue weighted by Gasteiger charge is 2.07. The van der Waals surface area contributed by atoms with Crippen LogP contribution in [0.5, 0.6) is 0 Å². The van der Waals surface area contributed by atoms with Gasteiger partial charge in [-0.2, -0.15) is 0 Å². The van der Waals surface area contributed by atoms with Gasteiger partial charge >= 0.3 is 0 Å². The molecular formula is C23H20N4O. The second-order valence-corrected chi connectivity index (χ2v) is 6.77. The van der Waals surface area contributed by atoms with Crippen molar-refractivity contribution in [3.63, 3.8) is 0 Å². The molecule has 0 amide bonds. The normalized spacial score (nSPS) is 11.1. The molecule has 3 aromatic heterocycles. The van der Waals surface area contributed by atoms with E-state index in [0.29, 0.717) is 6.54 Å². The second kappa shape index (κ2) is 7.12. The summed E-state index contributed by atoms with van der Waals surface area (Å²) in [6.07, 6.45) is 3.58. The highest BCUT2D eigenvalue weighted by molar-refractivity contribution is 6.08. The largest absolute Gasteiger partial charge is 0.467 e. The second-order valence-electron chi connectivity index (χ2n) is 6.77. The van der Waals surface area contributed by atoms with Crippen LogP contribution in [0.1, 0.15) is 11.3 Å². The number of rotatable bonds is 6. The van der Waals surface area contributed by atoms with E-state index < -0.39 is 0 Å². The number of furan rings is 1. The Morgan fingerprint density at radius 3 is 2.57 bits per heavy atom. The maximum Gasteiger partial charge on any atom is 0.126 e. The molecule has 0 aliphatic heterocycles. The summed E-state index contributed by atoms with van der Waals surface area (Å²) in [6, 6.07) is 22.6. The third-order valence-corrected chi connectivity index (χ3v) is 4.85. The fourth-order valence-corrected chi connectivity index (χ4v) is 3.40. The number of pyridine rings is 1. The molecule has 0 saturated heterocycles. The van der Waals surface area contributed by atoms with Crippen LogP contribution >= 0.6 is 0 Å². The van der Waals surface area contributed by atoms with E-state index in [0.717, 1.165) is 40.2 Å². The topological polar surface area (TPSA) is 65.9 Å². The van der Waals surface area contributed by atoms with Gasteiger partial charge in [0.2, 0.25) is 0 Å². The predicted molar refractivity (Wildman–Crippen MR) is 113 cm³/mol. The molecule has 5 aromatic rings. The van der Waals surface area contributed by atoms with Gasteiger partial charge in [0.15, 0.2) is 0 Å². The van der Waals surface area contributed by atoms with Gasteiger partial charge in [-0.25, -0.2) is 4.98 Å². The molecule has 3 heterocycles.